The van der Waals surface area contributed by atoms with Gasteiger partial charge in [0.25, 0.3) is 0 Å². The molecule has 0 spiro atoms. The molecule has 0 aromatic heterocycles. The molecule has 0 saturated heterocycles. The quantitative estimate of drug-likeness (QED) is 0.651. The van der Waals surface area contributed by atoms with E-state index in [0.717, 1.165) is 6.42 Å². The molecule has 0 fully saturated rings. The Hall–Kier alpha value is -2.08. The summed E-state index contributed by atoms with van der Waals surface area (Å²) in [6.45, 7) is 6.23. The van der Waals surface area contributed by atoms with E-state index in [1.165, 1.54) is 22.3 Å². The first kappa shape index (κ1) is 12.0. The lowest BCUT2D eigenvalue weighted by molar-refractivity contribution is 0.681. The summed E-state index contributed by atoms with van der Waals surface area (Å²) in [5.41, 5.74) is 5.78. The highest BCUT2D eigenvalue weighted by atomic mass is 14.5. The molecule has 0 N–H and O–H groups in total. The van der Waals surface area contributed by atoms with Crippen LogP contribution in [0.2, 0.25) is 0 Å². The van der Waals surface area contributed by atoms with Crippen molar-refractivity contribution >= 4 is 11.1 Å². The normalized spacial score (nSPS) is 16.3. The lowest BCUT2D eigenvalue weighted by Gasteiger charge is -2.11. The third kappa shape index (κ3) is 1.94. The Bertz CT molecular complexity index is 568. The highest BCUT2D eigenvalue weighted by molar-refractivity contribution is 6.14. The Morgan fingerprint density at radius 2 is 1.26 bits per heavy atom. The fourth-order valence-electron chi connectivity index (χ4n) is 3.04. The van der Waals surface area contributed by atoms with E-state index in [0.29, 0.717) is 0 Å². The SMILES string of the molecule is C=CCC1(C)C(c2ccccc2)=C1c1ccccc1. The smallest absolute Gasteiger partial charge is 0.0227 e. The van der Waals surface area contributed by atoms with Gasteiger partial charge in [-0.3, -0.25) is 0 Å². The van der Waals surface area contributed by atoms with E-state index >= 15 is 0 Å². The van der Waals surface area contributed by atoms with Gasteiger partial charge in [0.2, 0.25) is 0 Å². The zero-order valence-corrected chi connectivity index (χ0v) is 11.3. The summed E-state index contributed by atoms with van der Waals surface area (Å²) in [5, 5.41) is 0. The van der Waals surface area contributed by atoms with Crippen LogP contribution in [0.3, 0.4) is 0 Å². The Morgan fingerprint density at radius 3 is 1.63 bits per heavy atom. The highest BCUT2D eigenvalue weighted by Crippen LogP contribution is 2.65. The van der Waals surface area contributed by atoms with Crippen molar-refractivity contribution in [2.75, 3.05) is 0 Å². The summed E-state index contributed by atoms with van der Waals surface area (Å²) >= 11 is 0. The maximum atomic E-state index is 3.92. The first-order chi connectivity index (χ1) is 9.27. The van der Waals surface area contributed by atoms with E-state index in [2.05, 4.69) is 74.2 Å². The van der Waals surface area contributed by atoms with Gasteiger partial charge in [0.1, 0.15) is 0 Å². The minimum Gasteiger partial charge on any atom is -0.103 e. The van der Waals surface area contributed by atoms with Crippen molar-refractivity contribution in [3.63, 3.8) is 0 Å². The molecule has 0 unspecified atom stereocenters. The molecule has 3 rings (SSSR count). The summed E-state index contributed by atoms with van der Waals surface area (Å²) < 4.78 is 0. The maximum Gasteiger partial charge on any atom is 0.0227 e. The fourth-order valence-corrected chi connectivity index (χ4v) is 3.04. The summed E-state index contributed by atoms with van der Waals surface area (Å²) in [7, 11) is 0. The van der Waals surface area contributed by atoms with Crippen molar-refractivity contribution in [2.24, 2.45) is 5.41 Å². The van der Waals surface area contributed by atoms with Crippen LogP contribution in [0, 0.1) is 5.41 Å². The van der Waals surface area contributed by atoms with Crippen molar-refractivity contribution in [1.29, 1.82) is 0 Å². The molecule has 0 heteroatoms. The van der Waals surface area contributed by atoms with Crippen LogP contribution < -0.4 is 0 Å². The molecule has 19 heavy (non-hydrogen) atoms. The van der Waals surface area contributed by atoms with Gasteiger partial charge in [-0.25, -0.2) is 0 Å². The summed E-state index contributed by atoms with van der Waals surface area (Å²) in [6.07, 6.45) is 3.03. The molecule has 0 aliphatic heterocycles. The van der Waals surface area contributed by atoms with Gasteiger partial charge in [-0.2, -0.15) is 0 Å². The molecular formula is C19H18. The van der Waals surface area contributed by atoms with Crippen LogP contribution in [0.4, 0.5) is 0 Å². The van der Waals surface area contributed by atoms with E-state index in [9.17, 15) is 0 Å². The van der Waals surface area contributed by atoms with Crippen LogP contribution in [-0.4, -0.2) is 0 Å². The minimum atomic E-state index is 0.157. The second-order valence-corrected chi connectivity index (χ2v) is 5.31. The largest absolute Gasteiger partial charge is 0.103 e. The van der Waals surface area contributed by atoms with Gasteiger partial charge in [-0.05, 0) is 28.7 Å². The van der Waals surface area contributed by atoms with Crippen molar-refractivity contribution in [3.8, 4) is 0 Å². The molecule has 0 nitrogen and oxygen atoms in total. The van der Waals surface area contributed by atoms with Crippen LogP contribution in [0.15, 0.2) is 73.3 Å². The molecule has 2 aromatic carbocycles. The van der Waals surface area contributed by atoms with Gasteiger partial charge in [0.15, 0.2) is 0 Å². The molecule has 1 aliphatic carbocycles. The van der Waals surface area contributed by atoms with Crippen LogP contribution in [0.1, 0.15) is 24.5 Å². The van der Waals surface area contributed by atoms with Gasteiger partial charge < -0.3 is 0 Å². The number of hydrogen-bond acceptors (Lipinski definition) is 0. The summed E-state index contributed by atoms with van der Waals surface area (Å²) in [5.74, 6) is 0. The van der Waals surface area contributed by atoms with Crippen LogP contribution in [-0.2, 0) is 0 Å². The van der Waals surface area contributed by atoms with Gasteiger partial charge in [0, 0.05) is 5.41 Å². The van der Waals surface area contributed by atoms with Crippen molar-refractivity contribution in [1.82, 2.24) is 0 Å². The van der Waals surface area contributed by atoms with Crippen molar-refractivity contribution < 1.29 is 0 Å². The van der Waals surface area contributed by atoms with Crippen LogP contribution in [0.25, 0.3) is 11.1 Å². The Kier molecular flexibility index (Phi) is 2.87. The summed E-state index contributed by atoms with van der Waals surface area (Å²) in [6, 6.07) is 21.4. The fraction of sp³-hybridized carbons (Fsp3) is 0.158. The Labute approximate surface area is 115 Å². The van der Waals surface area contributed by atoms with E-state index in [1.54, 1.807) is 0 Å². The molecule has 0 bridgehead atoms. The molecule has 0 radical (unpaired) electrons. The topological polar surface area (TPSA) is 0 Å². The monoisotopic (exact) mass is 246 g/mol. The first-order valence-electron chi connectivity index (χ1n) is 6.74. The van der Waals surface area contributed by atoms with Crippen LogP contribution >= 0.6 is 0 Å². The van der Waals surface area contributed by atoms with Gasteiger partial charge in [0.05, 0.1) is 0 Å². The Balaban J connectivity index is 2.08. The standard InChI is InChI=1S/C19H18/c1-3-14-19(2)17(15-10-6-4-7-11-15)18(19)16-12-8-5-9-13-16/h3-13H,1,14H2,2H3. The molecule has 0 amide bonds. The number of rotatable bonds is 4. The first-order valence-corrected chi connectivity index (χ1v) is 6.74. The predicted molar refractivity (Wildman–Crippen MR) is 82.6 cm³/mol. The zero-order valence-electron chi connectivity index (χ0n) is 11.3. The average molecular weight is 246 g/mol. The van der Waals surface area contributed by atoms with E-state index in [1.807, 2.05) is 6.08 Å². The number of hydrogen-bond donors (Lipinski definition) is 0. The maximum absolute atomic E-state index is 3.92. The average Bonchev–Trinajstić information content (AvgIpc) is 3.07. The van der Waals surface area contributed by atoms with Gasteiger partial charge in [-0.1, -0.05) is 73.7 Å². The molecule has 2 aromatic rings. The second-order valence-electron chi connectivity index (χ2n) is 5.31. The van der Waals surface area contributed by atoms with E-state index in [4.69, 9.17) is 0 Å². The molecule has 0 heterocycles. The van der Waals surface area contributed by atoms with Crippen LogP contribution in [0.5, 0.6) is 0 Å². The minimum absolute atomic E-state index is 0.157. The third-order valence-corrected chi connectivity index (χ3v) is 3.97. The lowest BCUT2D eigenvalue weighted by atomic mass is 9.91. The molecule has 0 atom stereocenters. The lowest BCUT2D eigenvalue weighted by Crippen LogP contribution is -1.99. The molecular weight excluding hydrogens is 228 g/mol. The van der Waals surface area contributed by atoms with Gasteiger partial charge >= 0.3 is 0 Å². The molecule has 1 aliphatic rings. The van der Waals surface area contributed by atoms with Gasteiger partial charge in [-0.15, -0.1) is 6.58 Å². The third-order valence-electron chi connectivity index (χ3n) is 3.97. The molecule has 0 saturated carbocycles. The van der Waals surface area contributed by atoms with Crippen molar-refractivity contribution in [2.45, 2.75) is 13.3 Å². The van der Waals surface area contributed by atoms with E-state index in [-0.39, 0.29) is 5.41 Å². The van der Waals surface area contributed by atoms with Crippen molar-refractivity contribution in [3.05, 3.63) is 84.4 Å². The number of benzene rings is 2. The predicted octanol–water partition coefficient (Wildman–Crippen LogP) is 5.19. The van der Waals surface area contributed by atoms with E-state index < -0.39 is 0 Å². The second kappa shape index (κ2) is 4.55. The zero-order chi connectivity index (χ0) is 13.3. The Morgan fingerprint density at radius 1 is 0.842 bits per heavy atom. The molecule has 94 valence electrons. The number of allylic oxidation sites excluding steroid dienone is 3. The highest BCUT2D eigenvalue weighted by Gasteiger charge is 2.48. The summed E-state index contributed by atoms with van der Waals surface area (Å²) in [4.78, 5) is 0.